The Kier molecular flexibility index (Phi) is 4.90. The quantitative estimate of drug-likeness (QED) is 0.855. The van der Waals surface area contributed by atoms with Crippen molar-refractivity contribution in [3.63, 3.8) is 0 Å². The van der Waals surface area contributed by atoms with E-state index in [9.17, 15) is 4.79 Å². The number of nitrogens with zero attached hydrogens (tertiary/aromatic N) is 3. The van der Waals surface area contributed by atoms with E-state index in [2.05, 4.69) is 41.8 Å². The second-order valence-corrected chi connectivity index (χ2v) is 6.70. The lowest BCUT2D eigenvalue weighted by Crippen LogP contribution is -2.47. The van der Waals surface area contributed by atoms with Crippen molar-refractivity contribution in [3.05, 3.63) is 23.8 Å². The molecule has 1 aromatic carbocycles. The highest BCUT2D eigenvalue weighted by Crippen LogP contribution is 2.33. The first kappa shape index (κ1) is 16.3. The van der Waals surface area contributed by atoms with E-state index in [0.717, 1.165) is 57.7 Å². The highest BCUT2D eigenvalue weighted by Gasteiger charge is 2.28. The molecular weight excluding hydrogens is 286 g/mol. The summed E-state index contributed by atoms with van der Waals surface area (Å²) in [6, 6.07) is 6.94. The van der Waals surface area contributed by atoms with Gasteiger partial charge in [0.05, 0.1) is 0 Å². The number of hydrogen-bond donors (Lipinski definition) is 0. The molecule has 1 fully saturated rings. The third-order valence-corrected chi connectivity index (χ3v) is 5.43. The fraction of sp³-hybridized carbons (Fsp3) is 0.632. The average Bonchev–Trinajstić information content (AvgIpc) is 2.98. The van der Waals surface area contributed by atoms with Gasteiger partial charge in [0.2, 0.25) is 5.91 Å². The third-order valence-electron chi connectivity index (χ3n) is 5.43. The van der Waals surface area contributed by atoms with Gasteiger partial charge in [-0.05, 0) is 50.4 Å². The van der Waals surface area contributed by atoms with Gasteiger partial charge in [0.15, 0.2) is 0 Å². The van der Waals surface area contributed by atoms with Crippen molar-refractivity contribution < 1.29 is 4.79 Å². The highest BCUT2D eigenvalue weighted by atomic mass is 16.2. The van der Waals surface area contributed by atoms with Crippen LogP contribution in [0.2, 0.25) is 0 Å². The molecule has 0 unspecified atom stereocenters. The molecule has 0 radical (unpaired) electrons. The molecule has 1 saturated heterocycles. The van der Waals surface area contributed by atoms with Crippen LogP contribution in [0.3, 0.4) is 0 Å². The van der Waals surface area contributed by atoms with Gasteiger partial charge in [-0.3, -0.25) is 4.79 Å². The minimum atomic E-state index is 0.168. The maximum atomic E-state index is 12.3. The molecule has 0 bridgehead atoms. The molecule has 1 aromatic rings. The molecule has 2 aliphatic heterocycles. The summed E-state index contributed by atoms with van der Waals surface area (Å²) in [7, 11) is 0. The van der Waals surface area contributed by atoms with E-state index < -0.39 is 0 Å². The number of hydrogen-bond acceptors (Lipinski definition) is 3. The molecule has 23 heavy (non-hydrogen) atoms. The lowest BCUT2D eigenvalue weighted by atomic mass is 10.0. The second kappa shape index (κ2) is 6.91. The Labute approximate surface area is 140 Å². The SMILES string of the molecule is CCN1CCC(N(C(C)=O)c2ccc3c(c2)N(CC)CC3)CC1. The minimum Gasteiger partial charge on any atom is -0.371 e. The summed E-state index contributed by atoms with van der Waals surface area (Å²) in [6.45, 7) is 11.5. The number of anilines is 2. The van der Waals surface area contributed by atoms with Crippen LogP contribution in [0.15, 0.2) is 18.2 Å². The summed E-state index contributed by atoms with van der Waals surface area (Å²) >= 11 is 0. The molecule has 0 spiro atoms. The molecule has 0 aromatic heterocycles. The number of likely N-dealkylation sites (N-methyl/N-ethyl adjacent to an activating group) is 1. The van der Waals surface area contributed by atoms with Crippen molar-refractivity contribution in [1.82, 2.24) is 4.90 Å². The monoisotopic (exact) mass is 315 g/mol. The van der Waals surface area contributed by atoms with Crippen LogP contribution >= 0.6 is 0 Å². The Hall–Kier alpha value is -1.55. The standard InChI is InChI=1S/C19H29N3O/c1-4-20-11-9-17(10-12-20)22(15(3)23)18-7-6-16-8-13-21(5-2)19(16)14-18/h6-7,14,17H,4-5,8-13H2,1-3H3. The van der Waals surface area contributed by atoms with E-state index >= 15 is 0 Å². The normalized spacial score (nSPS) is 19.0. The first-order valence-electron chi connectivity index (χ1n) is 9.04. The fourth-order valence-electron chi connectivity index (χ4n) is 4.06. The molecule has 0 saturated carbocycles. The van der Waals surface area contributed by atoms with Crippen molar-refractivity contribution >= 4 is 17.3 Å². The maximum absolute atomic E-state index is 12.3. The van der Waals surface area contributed by atoms with Gasteiger partial charge in [-0.25, -0.2) is 0 Å². The summed E-state index contributed by atoms with van der Waals surface area (Å²) in [5, 5.41) is 0. The number of benzene rings is 1. The van der Waals surface area contributed by atoms with Crippen LogP contribution in [0.1, 0.15) is 39.2 Å². The molecule has 3 rings (SSSR count). The summed E-state index contributed by atoms with van der Waals surface area (Å²) in [5.74, 6) is 0.168. The number of amides is 1. The number of rotatable bonds is 4. The van der Waals surface area contributed by atoms with Gasteiger partial charge in [0.1, 0.15) is 0 Å². The van der Waals surface area contributed by atoms with Crippen molar-refractivity contribution in [3.8, 4) is 0 Å². The zero-order chi connectivity index (χ0) is 16.4. The van der Waals surface area contributed by atoms with E-state index in [0.29, 0.717) is 6.04 Å². The summed E-state index contributed by atoms with van der Waals surface area (Å²) in [4.78, 5) is 19.3. The molecule has 0 N–H and O–H groups in total. The topological polar surface area (TPSA) is 26.8 Å². The molecular formula is C19H29N3O. The Morgan fingerprint density at radius 2 is 1.91 bits per heavy atom. The lowest BCUT2D eigenvalue weighted by Gasteiger charge is -2.38. The fourth-order valence-corrected chi connectivity index (χ4v) is 4.06. The summed E-state index contributed by atoms with van der Waals surface area (Å²) < 4.78 is 0. The van der Waals surface area contributed by atoms with Crippen LogP contribution in [0.5, 0.6) is 0 Å². The largest absolute Gasteiger partial charge is 0.371 e. The molecule has 0 aliphatic carbocycles. The molecule has 2 heterocycles. The molecule has 1 amide bonds. The maximum Gasteiger partial charge on any atom is 0.224 e. The van der Waals surface area contributed by atoms with E-state index in [1.54, 1.807) is 6.92 Å². The first-order chi connectivity index (χ1) is 11.1. The van der Waals surface area contributed by atoms with Gasteiger partial charge in [0, 0.05) is 50.5 Å². The van der Waals surface area contributed by atoms with Crippen LogP contribution in [-0.4, -0.2) is 49.6 Å². The van der Waals surface area contributed by atoms with Gasteiger partial charge in [-0.15, -0.1) is 0 Å². The molecule has 4 heteroatoms. The van der Waals surface area contributed by atoms with Gasteiger partial charge in [-0.2, -0.15) is 0 Å². The Morgan fingerprint density at radius 1 is 1.17 bits per heavy atom. The summed E-state index contributed by atoms with van der Waals surface area (Å²) in [5.41, 5.74) is 3.81. The van der Waals surface area contributed by atoms with Crippen LogP contribution in [0.4, 0.5) is 11.4 Å². The molecule has 126 valence electrons. The Morgan fingerprint density at radius 3 is 2.52 bits per heavy atom. The van der Waals surface area contributed by atoms with Crippen molar-refractivity contribution in [2.24, 2.45) is 0 Å². The van der Waals surface area contributed by atoms with Crippen LogP contribution in [-0.2, 0) is 11.2 Å². The lowest BCUT2D eigenvalue weighted by molar-refractivity contribution is -0.117. The number of fused-ring (bicyclic) bond motifs is 1. The Balaban J connectivity index is 1.83. The molecule has 2 aliphatic rings. The van der Waals surface area contributed by atoms with Gasteiger partial charge in [0.25, 0.3) is 0 Å². The van der Waals surface area contributed by atoms with Crippen LogP contribution in [0.25, 0.3) is 0 Å². The Bertz CT molecular complexity index is 564. The number of carbonyl (C=O) groups excluding carboxylic acids is 1. The molecule has 4 nitrogen and oxygen atoms in total. The number of piperidine rings is 1. The van der Waals surface area contributed by atoms with E-state index in [1.807, 2.05) is 4.90 Å². The predicted molar refractivity (Wildman–Crippen MR) is 96.3 cm³/mol. The van der Waals surface area contributed by atoms with Gasteiger partial charge >= 0.3 is 0 Å². The second-order valence-electron chi connectivity index (χ2n) is 6.70. The van der Waals surface area contributed by atoms with E-state index in [-0.39, 0.29) is 5.91 Å². The number of likely N-dealkylation sites (tertiary alicyclic amines) is 1. The zero-order valence-corrected chi connectivity index (χ0v) is 14.7. The van der Waals surface area contributed by atoms with Gasteiger partial charge < -0.3 is 14.7 Å². The number of carbonyl (C=O) groups is 1. The zero-order valence-electron chi connectivity index (χ0n) is 14.7. The minimum absolute atomic E-state index is 0.168. The highest BCUT2D eigenvalue weighted by molar-refractivity contribution is 5.93. The van der Waals surface area contributed by atoms with Crippen LogP contribution in [0, 0.1) is 0 Å². The van der Waals surface area contributed by atoms with Crippen molar-refractivity contribution in [1.29, 1.82) is 0 Å². The van der Waals surface area contributed by atoms with E-state index in [4.69, 9.17) is 0 Å². The van der Waals surface area contributed by atoms with Crippen molar-refractivity contribution in [2.45, 2.75) is 46.1 Å². The van der Waals surface area contributed by atoms with Crippen molar-refractivity contribution in [2.75, 3.05) is 42.5 Å². The molecule has 0 atom stereocenters. The van der Waals surface area contributed by atoms with Gasteiger partial charge in [-0.1, -0.05) is 13.0 Å². The summed E-state index contributed by atoms with van der Waals surface area (Å²) in [6.07, 6.45) is 3.27. The first-order valence-corrected chi connectivity index (χ1v) is 9.04. The predicted octanol–water partition coefficient (Wildman–Crippen LogP) is 2.91. The average molecular weight is 315 g/mol. The van der Waals surface area contributed by atoms with E-state index in [1.165, 1.54) is 11.3 Å². The van der Waals surface area contributed by atoms with Crippen LogP contribution < -0.4 is 9.80 Å². The third kappa shape index (κ3) is 3.23. The smallest absolute Gasteiger partial charge is 0.224 e.